The van der Waals surface area contributed by atoms with Gasteiger partial charge < -0.3 is 14.8 Å². The number of aliphatic hydroxyl groups is 1. The standard InChI is InChI=1S/C18H17FN2O2/c19-14-8-9-15(20-11-14)18(13-5-2-1-3-6-13)21-12-16(22)17-7-4-10-23-17/h1-11,16,18,21-22H,12H2/t16-,18+/m0/s1. The summed E-state index contributed by atoms with van der Waals surface area (Å²) in [6, 6.07) is 15.9. The van der Waals surface area contributed by atoms with Crippen LogP contribution in [0.15, 0.2) is 71.5 Å². The van der Waals surface area contributed by atoms with E-state index in [0.29, 0.717) is 11.5 Å². The number of halogens is 1. The fraction of sp³-hybridized carbons (Fsp3) is 0.167. The van der Waals surface area contributed by atoms with Crippen LogP contribution < -0.4 is 5.32 Å². The third-order valence-electron chi connectivity index (χ3n) is 3.57. The fourth-order valence-corrected chi connectivity index (χ4v) is 2.41. The van der Waals surface area contributed by atoms with Crippen LogP contribution in [0.5, 0.6) is 0 Å². The minimum atomic E-state index is -0.767. The number of benzene rings is 1. The summed E-state index contributed by atoms with van der Waals surface area (Å²) in [6.07, 6.45) is 1.95. The lowest BCUT2D eigenvalue weighted by atomic mass is 10.0. The normalized spacial score (nSPS) is 13.7. The zero-order valence-corrected chi connectivity index (χ0v) is 12.4. The van der Waals surface area contributed by atoms with Crippen LogP contribution in [0.2, 0.25) is 0 Å². The Morgan fingerprint density at radius 1 is 1.09 bits per heavy atom. The number of furan rings is 1. The summed E-state index contributed by atoms with van der Waals surface area (Å²) in [5.41, 5.74) is 1.67. The molecule has 0 bridgehead atoms. The molecule has 2 heterocycles. The maximum atomic E-state index is 13.1. The minimum Gasteiger partial charge on any atom is -0.467 e. The van der Waals surface area contributed by atoms with Crippen molar-refractivity contribution < 1.29 is 13.9 Å². The average Bonchev–Trinajstić information content (AvgIpc) is 3.12. The van der Waals surface area contributed by atoms with Gasteiger partial charge in [0.25, 0.3) is 0 Å². The molecular formula is C18H17FN2O2. The van der Waals surface area contributed by atoms with E-state index in [1.807, 2.05) is 30.3 Å². The van der Waals surface area contributed by atoms with Gasteiger partial charge in [-0.15, -0.1) is 0 Å². The Hall–Kier alpha value is -2.50. The summed E-state index contributed by atoms with van der Waals surface area (Å²) in [5.74, 6) is 0.118. The van der Waals surface area contributed by atoms with Gasteiger partial charge in [-0.1, -0.05) is 30.3 Å². The van der Waals surface area contributed by atoms with Crippen LogP contribution in [0, 0.1) is 5.82 Å². The Bertz CT molecular complexity index is 715. The first-order chi connectivity index (χ1) is 11.2. The van der Waals surface area contributed by atoms with E-state index in [2.05, 4.69) is 10.3 Å². The van der Waals surface area contributed by atoms with Crippen molar-refractivity contribution in [2.24, 2.45) is 0 Å². The second kappa shape index (κ2) is 7.17. The first-order valence-corrected chi connectivity index (χ1v) is 7.35. The van der Waals surface area contributed by atoms with Crippen molar-refractivity contribution in [2.45, 2.75) is 12.1 Å². The molecule has 0 amide bonds. The van der Waals surface area contributed by atoms with Crippen LogP contribution in [-0.4, -0.2) is 16.6 Å². The van der Waals surface area contributed by atoms with Gasteiger partial charge in [-0.25, -0.2) is 4.39 Å². The lowest BCUT2D eigenvalue weighted by Gasteiger charge is -2.20. The Kier molecular flexibility index (Phi) is 4.80. The average molecular weight is 312 g/mol. The monoisotopic (exact) mass is 312 g/mol. The number of nitrogens with zero attached hydrogens (tertiary/aromatic N) is 1. The fourth-order valence-electron chi connectivity index (χ4n) is 2.41. The number of aromatic nitrogens is 1. The Morgan fingerprint density at radius 2 is 1.91 bits per heavy atom. The predicted molar refractivity (Wildman–Crippen MR) is 84.2 cm³/mol. The van der Waals surface area contributed by atoms with E-state index in [-0.39, 0.29) is 18.4 Å². The highest BCUT2D eigenvalue weighted by molar-refractivity contribution is 5.27. The number of hydrogen-bond acceptors (Lipinski definition) is 4. The van der Waals surface area contributed by atoms with Crippen molar-refractivity contribution in [1.82, 2.24) is 10.3 Å². The Balaban J connectivity index is 1.79. The molecule has 3 aromatic rings. The number of aliphatic hydroxyl groups excluding tert-OH is 1. The highest BCUT2D eigenvalue weighted by atomic mass is 19.1. The summed E-state index contributed by atoms with van der Waals surface area (Å²) < 4.78 is 18.3. The molecule has 0 fully saturated rings. The second-order valence-corrected chi connectivity index (χ2v) is 5.18. The third-order valence-corrected chi connectivity index (χ3v) is 3.57. The Labute approximate surface area is 133 Å². The van der Waals surface area contributed by atoms with Gasteiger partial charge in [0.1, 0.15) is 17.7 Å². The van der Waals surface area contributed by atoms with Crippen molar-refractivity contribution in [1.29, 1.82) is 0 Å². The zero-order valence-electron chi connectivity index (χ0n) is 12.4. The first kappa shape index (κ1) is 15.4. The molecule has 0 saturated carbocycles. The van der Waals surface area contributed by atoms with Gasteiger partial charge in [-0.2, -0.15) is 0 Å². The molecule has 5 heteroatoms. The van der Waals surface area contributed by atoms with Crippen LogP contribution in [-0.2, 0) is 0 Å². The van der Waals surface area contributed by atoms with Crippen LogP contribution in [0.1, 0.15) is 29.2 Å². The van der Waals surface area contributed by atoms with Gasteiger partial charge in [-0.05, 0) is 29.8 Å². The molecule has 0 unspecified atom stereocenters. The quantitative estimate of drug-likeness (QED) is 0.734. The summed E-state index contributed by atoms with van der Waals surface area (Å²) in [6.45, 7) is 0.284. The summed E-state index contributed by atoms with van der Waals surface area (Å²) in [5, 5.41) is 13.4. The van der Waals surface area contributed by atoms with E-state index >= 15 is 0 Å². The van der Waals surface area contributed by atoms with Crippen LogP contribution in [0.4, 0.5) is 4.39 Å². The van der Waals surface area contributed by atoms with E-state index in [1.165, 1.54) is 18.5 Å². The summed E-state index contributed by atoms with van der Waals surface area (Å²) >= 11 is 0. The zero-order chi connectivity index (χ0) is 16.1. The smallest absolute Gasteiger partial charge is 0.141 e. The number of nitrogens with one attached hydrogen (secondary N) is 1. The van der Waals surface area contributed by atoms with Crippen molar-refractivity contribution in [3.8, 4) is 0 Å². The largest absolute Gasteiger partial charge is 0.467 e. The minimum absolute atomic E-state index is 0.249. The molecule has 23 heavy (non-hydrogen) atoms. The molecule has 0 radical (unpaired) electrons. The highest BCUT2D eigenvalue weighted by Gasteiger charge is 2.18. The molecule has 0 aliphatic heterocycles. The molecule has 0 saturated heterocycles. The van der Waals surface area contributed by atoms with Gasteiger partial charge in [0.05, 0.1) is 24.2 Å². The van der Waals surface area contributed by atoms with Crippen LogP contribution in [0.25, 0.3) is 0 Å². The molecule has 1 aromatic carbocycles. The van der Waals surface area contributed by atoms with Crippen molar-refractivity contribution in [3.63, 3.8) is 0 Å². The van der Waals surface area contributed by atoms with E-state index in [0.717, 1.165) is 5.56 Å². The lowest BCUT2D eigenvalue weighted by molar-refractivity contribution is 0.145. The molecular weight excluding hydrogens is 295 g/mol. The first-order valence-electron chi connectivity index (χ1n) is 7.35. The molecule has 2 aromatic heterocycles. The maximum absolute atomic E-state index is 13.1. The van der Waals surface area contributed by atoms with E-state index < -0.39 is 6.10 Å². The van der Waals surface area contributed by atoms with Gasteiger partial charge in [0, 0.05) is 6.54 Å². The van der Waals surface area contributed by atoms with E-state index in [9.17, 15) is 9.50 Å². The molecule has 0 spiro atoms. The van der Waals surface area contributed by atoms with Gasteiger partial charge >= 0.3 is 0 Å². The molecule has 4 nitrogen and oxygen atoms in total. The van der Waals surface area contributed by atoms with Crippen molar-refractivity contribution in [2.75, 3.05) is 6.54 Å². The highest BCUT2D eigenvalue weighted by Crippen LogP contribution is 2.22. The predicted octanol–water partition coefficient (Wildman–Crippen LogP) is 3.23. The SMILES string of the molecule is O[C@@H](CN[C@H](c1ccccc1)c1ccc(F)cn1)c1ccco1. The molecule has 2 N–H and O–H groups in total. The third kappa shape index (κ3) is 3.83. The summed E-state index contributed by atoms with van der Waals surface area (Å²) in [7, 11) is 0. The molecule has 3 rings (SSSR count). The van der Waals surface area contributed by atoms with Gasteiger partial charge in [-0.3, -0.25) is 4.98 Å². The molecule has 2 atom stereocenters. The van der Waals surface area contributed by atoms with Crippen LogP contribution >= 0.6 is 0 Å². The number of hydrogen-bond donors (Lipinski definition) is 2. The van der Waals surface area contributed by atoms with Crippen molar-refractivity contribution in [3.05, 3.63) is 89.9 Å². The van der Waals surface area contributed by atoms with Crippen molar-refractivity contribution >= 4 is 0 Å². The topological polar surface area (TPSA) is 58.3 Å². The molecule has 0 aliphatic rings. The van der Waals surface area contributed by atoms with Crippen LogP contribution in [0.3, 0.4) is 0 Å². The van der Waals surface area contributed by atoms with Gasteiger partial charge in [0.2, 0.25) is 0 Å². The molecule has 0 aliphatic carbocycles. The Morgan fingerprint density at radius 3 is 2.57 bits per heavy atom. The lowest BCUT2D eigenvalue weighted by Crippen LogP contribution is -2.28. The maximum Gasteiger partial charge on any atom is 0.141 e. The van der Waals surface area contributed by atoms with E-state index in [1.54, 1.807) is 18.2 Å². The summed E-state index contributed by atoms with van der Waals surface area (Å²) in [4.78, 5) is 4.15. The number of rotatable bonds is 6. The molecule has 118 valence electrons. The number of pyridine rings is 1. The second-order valence-electron chi connectivity index (χ2n) is 5.18. The van der Waals surface area contributed by atoms with Gasteiger partial charge in [0.15, 0.2) is 0 Å². The van der Waals surface area contributed by atoms with E-state index in [4.69, 9.17) is 4.42 Å².